The molecule has 0 spiro atoms. The zero-order chi connectivity index (χ0) is 19.4. The first-order chi connectivity index (χ1) is 12.9. The molecule has 0 N–H and O–H groups in total. The third kappa shape index (κ3) is 5.18. The minimum atomic E-state index is 0.524. The van der Waals surface area contributed by atoms with Gasteiger partial charge in [-0.2, -0.15) is 0 Å². The molecule has 0 unspecified atom stereocenters. The van der Waals surface area contributed by atoms with Crippen LogP contribution in [0.2, 0.25) is 5.02 Å². The van der Waals surface area contributed by atoms with E-state index < -0.39 is 0 Å². The Labute approximate surface area is 168 Å². The predicted octanol–water partition coefficient (Wildman–Crippen LogP) is 5.28. The van der Waals surface area contributed by atoms with E-state index in [1.54, 1.807) is 0 Å². The second kappa shape index (κ2) is 8.99. The van der Waals surface area contributed by atoms with E-state index in [1.165, 1.54) is 22.4 Å². The minimum Gasteiger partial charge on any atom is -0.492 e. The molecule has 1 heterocycles. The lowest BCUT2D eigenvalue weighted by Gasteiger charge is -2.36. The lowest BCUT2D eigenvalue weighted by Crippen LogP contribution is -2.47. The highest BCUT2D eigenvalue weighted by Crippen LogP contribution is 2.26. The fourth-order valence-corrected chi connectivity index (χ4v) is 3.72. The number of piperazine rings is 1. The third-order valence-electron chi connectivity index (χ3n) is 5.43. The van der Waals surface area contributed by atoms with Crippen LogP contribution in [0.3, 0.4) is 0 Å². The molecule has 1 aliphatic heterocycles. The summed E-state index contributed by atoms with van der Waals surface area (Å²) < 4.78 is 6.10. The summed E-state index contributed by atoms with van der Waals surface area (Å²) in [6, 6.07) is 12.7. The fourth-order valence-electron chi connectivity index (χ4n) is 3.55. The van der Waals surface area contributed by atoms with Crippen LogP contribution in [-0.2, 0) is 0 Å². The summed E-state index contributed by atoms with van der Waals surface area (Å²) >= 11 is 6.18. The molecule has 27 heavy (non-hydrogen) atoms. The predicted molar refractivity (Wildman–Crippen MR) is 116 cm³/mol. The van der Waals surface area contributed by atoms with E-state index in [0.29, 0.717) is 5.92 Å². The molecule has 0 amide bonds. The van der Waals surface area contributed by atoms with Crippen molar-refractivity contribution in [1.29, 1.82) is 0 Å². The van der Waals surface area contributed by atoms with Gasteiger partial charge in [0.25, 0.3) is 0 Å². The molecule has 3 rings (SSSR count). The van der Waals surface area contributed by atoms with Crippen LogP contribution < -0.4 is 9.64 Å². The Bertz CT molecular complexity index is 767. The maximum Gasteiger partial charge on any atom is 0.122 e. The number of ether oxygens (including phenoxy) is 1. The zero-order valence-electron chi connectivity index (χ0n) is 17.0. The Morgan fingerprint density at radius 1 is 0.963 bits per heavy atom. The molecular weight excluding hydrogens is 356 g/mol. The average Bonchev–Trinajstić information content (AvgIpc) is 2.65. The van der Waals surface area contributed by atoms with E-state index >= 15 is 0 Å². The van der Waals surface area contributed by atoms with Crippen molar-refractivity contribution in [3.63, 3.8) is 0 Å². The van der Waals surface area contributed by atoms with Crippen LogP contribution >= 0.6 is 11.6 Å². The van der Waals surface area contributed by atoms with E-state index in [9.17, 15) is 0 Å². The first-order valence-electron chi connectivity index (χ1n) is 9.91. The van der Waals surface area contributed by atoms with Crippen molar-refractivity contribution in [3.05, 3.63) is 58.1 Å². The Hall–Kier alpha value is -1.71. The maximum atomic E-state index is 6.18. The molecule has 0 atom stereocenters. The summed E-state index contributed by atoms with van der Waals surface area (Å²) in [5, 5.41) is 0.811. The van der Waals surface area contributed by atoms with E-state index in [-0.39, 0.29) is 0 Å². The van der Waals surface area contributed by atoms with Gasteiger partial charge >= 0.3 is 0 Å². The molecule has 2 aromatic carbocycles. The van der Waals surface area contributed by atoms with Gasteiger partial charge in [-0.25, -0.2) is 0 Å². The number of hydrogen-bond acceptors (Lipinski definition) is 3. The highest BCUT2D eigenvalue weighted by Gasteiger charge is 2.18. The van der Waals surface area contributed by atoms with Crippen molar-refractivity contribution >= 4 is 17.3 Å². The van der Waals surface area contributed by atoms with Crippen LogP contribution in [0.4, 0.5) is 5.69 Å². The van der Waals surface area contributed by atoms with Crippen molar-refractivity contribution in [1.82, 2.24) is 4.90 Å². The van der Waals surface area contributed by atoms with Gasteiger partial charge in [-0.15, -0.1) is 0 Å². The van der Waals surface area contributed by atoms with Gasteiger partial charge in [0.2, 0.25) is 0 Å². The quantitative estimate of drug-likeness (QED) is 0.671. The Kier molecular flexibility index (Phi) is 6.67. The maximum absolute atomic E-state index is 6.18. The highest BCUT2D eigenvalue weighted by molar-refractivity contribution is 6.30. The fraction of sp³-hybridized carbons (Fsp3) is 0.478. The monoisotopic (exact) mass is 386 g/mol. The summed E-state index contributed by atoms with van der Waals surface area (Å²) in [6.45, 7) is 14.6. The van der Waals surface area contributed by atoms with Gasteiger partial charge in [0.15, 0.2) is 0 Å². The summed E-state index contributed by atoms with van der Waals surface area (Å²) in [5.41, 5.74) is 5.10. The Balaban J connectivity index is 1.49. The number of rotatable bonds is 6. The molecular formula is C23H31ClN2O. The number of aryl methyl sites for hydroxylation is 2. The molecule has 1 saturated heterocycles. The third-order valence-corrected chi connectivity index (χ3v) is 5.66. The molecule has 0 radical (unpaired) electrons. The molecule has 0 bridgehead atoms. The number of anilines is 1. The van der Waals surface area contributed by atoms with Crippen molar-refractivity contribution in [2.75, 3.05) is 44.2 Å². The normalized spacial score (nSPS) is 15.4. The second-order valence-corrected chi connectivity index (χ2v) is 8.22. The lowest BCUT2D eigenvalue weighted by atomic mass is 10.0. The van der Waals surface area contributed by atoms with E-state index in [0.717, 1.165) is 50.1 Å². The molecule has 1 fully saturated rings. The summed E-state index contributed by atoms with van der Waals surface area (Å²) in [7, 11) is 0. The van der Waals surface area contributed by atoms with E-state index in [2.05, 4.69) is 67.8 Å². The standard InChI is InChI=1S/C23H31ClN2O/c1-17(2)20-7-5-19(4)23(15-20)27-14-13-25-9-11-26(12-10-25)22-16-21(24)8-6-18(22)3/h5-8,15-17H,9-14H2,1-4H3. The summed E-state index contributed by atoms with van der Waals surface area (Å²) in [4.78, 5) is 4.92. The van der Waals surface area contributed by atoms with Gasteiger partial charge in [-0.3, -0.25) is 4.90 Å². The summed E-state index contributed by atoms with van der Waals surface area (Å²) in [5.74, 6) is 1.55. The number of halogens is 1. The Morgan fingerprint density at radius 3 is 2.37 bits per heavy atom. The molecule has 0 aliphatic carbocycles. The van der Waals surface area contributed by atoms with Gasteiger partial charge in [-0.1, -0.05) is 43.6 Å². The smallest absolute Gasteiger partial charge is 0.122 e. The van der Waals surface area contributed by atoms with E-state index in [4.69, 9.17) is 16.3 Å². The molecule has 1 aliphatic rings. The Morgan fingerprint density at radius 2 is 1.67 bits per heavy atom. The minimum absolute atomic E-state index is 0.524. The van der Waals surface area contributed by atoms with Crippen molar-refractivity contribution in [2.45, 2.75) is 33.6 Å². The van der Waals surface area contributed by atoms with Crippen molar-refractivity contribution < 1.29 is 4.74 Å². The number of benzene rings is 2. The van der Waals surface area contributed by atoms with Crippen LogP contribution in [0.15, 0.2) is 36.4 Å². The molecule has 0 saturated carbocycles. The SMILES string of the molecule is Cc1ccc(C(C)C)cc1OCCN1CCN(c2cc(Cl)ccc2C)CC1. The van der Waals surface area contributed by atoms with Gasteiger partial charge in [0, 0.05) is 43.4 Å². The van der Waals surface area contributed by atoms with Crippen LogP contribution in [0.5, 0.6) is 5.75 Å². The average molecular weight is 387 g/mol. The van der Waals surface area contributed by atoms with Gasteiger partial charge < -0.3 is 9.64 Å². The molecule has 3 nitrogen and oxygen atoms in total. The van der Waals surface area contributed by atoms with Crippen molar-refractivity contribution in [3.8, 4) is 5.75 Å². The van der Waals surface area contributed by atoms with Crippen LogP contribution in [-0.4, -0.2) is 44.2 Å². The van der Waals surface area contributed by atoms with E-state index in [1.807, 2.05) is 6.07 Å². The van der Waals surface area contributed by atoms with Crippen LogP contribution in [0.25, 0.3) is 0 Å². The number of hydrogen-bond donors (Lipinski definition) is 0. The first-order valence-corrected chi connectivity index (χ1v) is 10.3. The van der Waals surface area contributed by atoms with Crippen LogP contribution in [0.1, 0.15) is 36.5 Å². The first kappa shape index (κ1) is 20.0. The molecule has 0 aromatic heterocycles. The zero-order valence-corrected chi connectivity index (χ0v) is 17.7. The topological polar surface area (TPSA) is 15.7 Å². The van der Waals surface area contributed by atoms with Crippen molar-refractivity contribution in [2.24, 2.45) is 0 Å². The highest BCUT2D eigenvalue weighted by atomic mass is 35.5. The second-order valence-electron chi connectivity index (χ2n) is 7.79. The van der Waals surface area contributed by atoms with Gasteiger partial charge in [0.1, 0.15) is 12.4 Å². The van der Waals surface area contributed by atoms with Crippen LogP contribution in [0, 0.1) is 13.8 Å². The lowest BCUT2D eigenvalue weighted by molar-refractivity contribution is 0.200. The summed E-state index contributed by atoms with van der Waals surface area (Å²) in [6.07, 6.45) is 0. The van der Waals surface area contributed by atoms with Gasteiger partial charge in [0.05, 0.1) is 0 Å². The van der Waals surface area contributed by atoms with Gasteiger partial charge in [-0.05, 0) is 54.7 Å². The number of nitrogens with zero attached hydrogens (tertiary/aromatic N) is 2. The molecule has 2 aromatic rings. The molecule has 146 valence electrons. The largest absolute Gasteiger partial charge is 0.492 e. The molecule has 4 heteroatoms.